The van der Waals surface area contributed by atoms with Crippen LogP contribution in [0.2, 0.25) is 0 Å². The molecule has 1 aromatic heterocycles. The summed E-state index contributed by atoms with van der Waals surface area (Å²) in [5, 5.41) is 3.78. The third kappa shape index (κ3) is 1.97. The quantitative estimate of drug-likeness (QED) is 0.813. The van der Waals surface area contributed by atoms with E-state index in [1.165, 1.54) is 11.3 Å². The summed E-state index contributed by atoms with van der Waals surface area (Å²) >= 11 is 1.52. The first-order valence-electron chi connectivity index (χ1n) is 5.39. The normalized spacial score (nSPS) is 22.9. The van der Waals surface area contributed by atoms with E-state index in [0.29, 0.717) is 0 Å². The van der Waals surface area contributed by atoms with Crippen LogP contribution in [0.1, 0.15) is 17.4 Å². The average Bonchev–Trinajstić information content (AvgIpc) is 2.98. The Morgan fingerprint density at radius 1 is 1.22 bits per heavy atom. The van der Waals surface area contributed by atoms with Gasteiger partial charge in [-0.2, -0.15) is 11.3 Å². The Hall–Kier alpha value is -1.21. The average molecular weight is 281 g/mol. The van der Waals surface area contributed by atoms with Crippen LogP contribution in [-0.2, 0) is 14.9 Å². The minimum atomic E-state index is -3.54. The second-order valence-electron chi connectivity index (χ2n) is 4.09. The van der Waals surface area contributed by atoms with Crippen molar-refractivity contribution in [3.63, 3.8) is 0 Å². The van der Waals surface area contributed by atoms with Crippen LogP contribution in [0, 0.1) is 6.92 Å². The lowest BCUT2D eigenvalue weighted by Gasteiger charge is -2.02. The standard InChI is InChI=1S/C12H11NO3S2/c1-9-2-4-11(5-3-9)18(14,15)13-12(16-13)10-6-7-17-8-10/h2-8,12H,1H3/t12-,13?/m1/s1. The molecule has 18 heavy (non-hydrogen) atoms. The molecule has 0 amide bonds. The van der Waals surface area contributed by atoms with E-state index in [1.807, 2.05) is 23.8 Å². The highest BCUT2D eigenvalue weighted by Crippen LogP contribution is 2.42. The van der Waals surface area contributed by atoms with Crippen molar-refractivity contribution >= 4 is 21.4 Å². The Balaban J connectivity index is 1.87. The lowest BCUT2D eigenvalue weighted by Crippen LogP contribution is -2.12. The molecule has 1 fully saturated rings. The maximum absolute atomic E-state index is 12.2. The van der Waals surface area contributed by atoms with Crippen LogP contribution in [0.3, 0.4) is 0 Å². The summed E-state index contributed by atoms with van der Waals surface area (Å²) in [6, 6.07) is 8.60. The summed E-state index contributed by atoms with van der Waals surface area (Å²) in [6.45, 7) is 1.92. The summed E-state index contributed by atoms with van der Waals surface area (Å²) in [7, 11) is -3.54. The van der Waals surface area contributed by atoms with Gasteiger partial charge in [-0.3, -0.25) is 4.84 Å². The van der Waals surface area contributed by atoms with Gasteiger partial charge in [0.25, 0.3) is 10.0 Å². The van der Waals surface area contributed by atoms with Gasteiger partial charge in [-0.15, -0.1) is 0 Å². The van der Waals surface area contributed by atoms with E-state index >= 15 is 0 Å². The summed E-state index contributed by atoms with van der Waals surface area (Å²) < 4.78 is 25.5. The Bertz CT molecular complexity index is 647. The van der Waals surface area contributed by atoms with Gasteiger partial charge in [0.05, 0.1) is 4.90 Å². The van der Waals surface area contributed by atoms with Crippen LogP contribution in [0.4, 0.5) is 0 Å². The Kier molecular flexibility index (Phi) is 2.74. The van der Waals surface area contributed by atoms with Gasteiger partial charge < -0.3 is 0 Å². The Labute approximate surface area is 109 Å². The van der Waals surface area contributed by atoms with Gasteiger partial charge in [0.15, 0.2) is 6.23 Å². The molecule has 0 aliphatic carbocycles. The van der Waals surface area contributed by atoms with Crippen LogP contribution >= 0.6 is 11.3 Å². The molecule has 2 aromatic rings. The molecule has 3 rings (SSSR count). The number of thiophene rings is 1. The predicted molar refractivity (Wildman–Crippen MR) is 68.3 cm³/mol. The van der Waals surface area contributed by atoms with Crippen molar-refractivity contribution in [2.75, 3.05) is 0 Å². The van der Waals surface area contributed by atoms with Crippen molar-refractivity contribution < 1.29 is 13.3 Å². The maximum atomic E-state index is 12.2. The van der Waals surface area contributed by atoms with Gasteiger partial charge in [0.1, 0.15) is 0 Å². The Morgan fingerprint density at radius 2 is 1.94 bits per heavy atom. The SMILES string of the molecule is Cc1ccc(S(=O)(=O)N2O[C@@H]2c2ccsc2)cc1. The fraction of sp³-hybridized carbons (Fsp3) is 0.167. The first-order valence-corrected chi connectivity index (χ1v) is 7.77. The van der Waals surface area contributed by atoms with E-state index in [-0.39, 0.29) is 4.90 Å². The highest BCUT2D eigenvalue weighted by molar-refractivity contribution is 7.89. The molecule has 1 aromatic carbocycles. The first-order chi connectivity index (χ1) is 8.59. The number of hydrogen-bond donors (Lipinski definition) is 0. The zero-order valence-electron chi connectivity index (χ0n) is 9.61. The van der Waals surface area contributed by atoms with Gasteiger partial charge in [-0.05, 0) is 40.4 Å². The largest absolute Gasteiger partial charge is 0.267 e. The number of nitrogens with zero attached hydrogens (tertiary/aromatic N) is 1. The number of aryl methyl sites for hydroxylation is 1. The topological polar surface area (TPSA) is 49.7 Å². The number of benzene rings is 1. The Morgan fingerprint density at radius 3 is 2.56 bits per heavy atom. The molecular formula is C12H11NO3S2. The van der Waals surface area contributed by atoms with E-state index in [9.17, 15) is 8.42 Å². The van der Waals surface area contributed by atoms with E-state index in [4.69, 9.17) is 4.84 Å². The van der Waals surface area contributed by atoms with Crippen LogP contribution < -0.4 is 0 Å². The van der Waals surface area contributed by atoms with Crippen molar-refractivity contribution in [3.05, 3.63) is 52.2 Å². The molecule has 94 valence electrons. The molecule has 0 radical (unpaired) electrons. The van der Waals surface area contributed by atoms with E-state index in [1.54, 1.807) is 24.3 Å². The van der Waals surface area contributed by atoms with Gasteiger partial charge in [0.2, 0.25) is 0 Å². The highest BCUT2D eigenvalue weighted by Gasteiger charge is 2.48. The lowest BCUT2D eigenvalue weighted by atomic mass is 10.2. The van der Waals surface area contributed by atoms with Crippen LogP contribution in [0.15, 0.2) is 46.0 Å². The van der Waals surface area contributed by atoms with Crippen LogP contribution in [-0.4, -0.2) is 12.9 Å². The number of sulfonamides is 1. The molecule has 1 unspecified atom stereocenters. The predicted octanol–water partition coefficient (Wildman–Crippen LogP) is 2.69. The number of rotatable bonds is 3. The summed E-state index contributed by atoms with van der Waals surface area (Å²) in [6.07, 6.45) is -0.470. The lowest BCUT2D eigenvalue weighted by molar-refractivity contribution is 0.283. The summed E-state index contributed by atoms with van der Waals surface area (Å²) in [5.41, 5.74) is 1.89. The molecule has 1 aliphatic rings. The minimum absolute atomic E-state index is 0.255. The molecule has 2 heterocycles. The third-order valence-corrected chi connectivity index (χ3v) is 5.05. The summed E-state index contributed by atoms with van der Waals surface area (Å²) in [4.78, 5) is 5.42. The molecule has 0 N–H and O–H groups in total. The van der Waals surface area contributed by atoms with E-state index in [0.717, 1.165) is 15.6 Å². The molecule has 4 nitrogen and oxygen atoms in total. The summed E-state index contributed by atoms with van der Waals surface area (Å²) in [5.74, 6) is 0. The molecule has 1 aliphatic heterocycles. The molecular weight excluding hydrogens is 270 g/mol. The molecule has 0 spiro atoms. The van der Waals surface area contributed by atoms with Gasteiger partial charge in [0, 0.05) is 5.56 Å². The van der Waals surface area contributed by atoms with Crippen LogP contribution in [0.25, 0.3) is 0 Å². The fourth-order valence-electron chi connectivity index (χ4n) is 1.67. The van der Waals surface area contributed by atoms with Crippen molar-refractivity contribution in [3.8, 4) is 0 Å². The number of hydroxylamine groups is 1. The molecule has 0 bridgehead atoms. The van der Waals surface area contributed by atoms with E-state index in [2.05, 4.69) is 0 Å². The second kappa shape index (κ2) is 4.17. The first kappa shape index (κ1) is 11.9. The molecule has 0 saturated carbocycles. The smallest absolute Gasteiger partial charge is 0.253 e. The highest BCUT2D eigenvalue weighted by atomic mass is 32.2. The van der Waals surface area contributed by atoms with Crippen molar-refractivity contribution in [2.45, 2.75) is 18.0 Å². The van der Waals surface area contributed by atoms with Crippen LogP contribution in [0.5, 0.6) is 0 Å². The second-order valence-corrected chi connectivity index (χ2v) is 6.65. The molecule has 2 atom stereocenters. The monoisotopic (exact) mass is 281 g/mol. The van der Waals surface area contributed by atoms with E-state index < -0.39 is 16.3 Å². The van der Waals surface area contributed by atoms with Crippen molar-refractivity contribution in [2.24, 2.45) is 0 Å². The maximum Gasteiger partial charge on any atom is 0.267 e. The van der Waals surface area contributed by atoms with Gasteiger partial charge in [-0.1, -0.05) is 17.7 Å². The number of hydrogen-bond acceptors (Lipinski definition) is 4. The zero-order chi connectivity index (χ0) is 12.8. The fourth-order valence-corrected chi connectivity index (χ4v) is 3.59. The minimum Gasteiger partial charge on any atom is -0.253 e. The molecule has 6 heteroatoms. The zero-order valence-corrected chi connectivity index (χ0v) is 11.2. The van der Waals surface area contributed by atoms with Gasteiger partial charge in [-0.25, -0.2) is 8.42 Å². The molecule has 1 saturated heterocycles. The van der Waals surface area contributed by atoms with Crippen molar-refractivity contribution in [1.82, 2.24) is 4.47 Å². The third-order valence-electron chi connectivity index (χ3n) is 2.73. The van der Waals surface area contributed by atoms with Gasteiger partial charge >= 0.3 is 0 Å². The van der Waals surface area contributed by atoms with Crippen molar-refractivity contribution in [1.29, 1.82) is 0 Å².